The molecule has 0 spiro atoms. The topological polar surface area (TPSA) is 79.0 Å². The van der Waals surface area contributed by atoms with E-state index in [1.165, 1.54) is 17.5 Å². The van der Waals surface area contributed by atoms with Crippen molar-refractivity contribution in [3.05, 3.63) is 53.3 Å². The van der Waals surface area contributed by atoms with Crippen molar-refractivity contribution in [1.82, 2.24) is 9.21 Å². The molecule has 1 amide bonds. The van der Waals surface area contributed by atoms with Gasteiger partial charge in [0.2, 0.25) is 15.9 Å². The molecule has 1 aliphatic heterocycles. The average molecular weight is 442 g/mol. The number of piperazine rings is 1. The molecular formula is C19H21ClFN3O4S. The van der Waals surface area contributed by atoms with Gasteiger partial charge in [-0.15, -0.1) is 0 Å². The first-order chi connectivity index (χ1) is 13.8. The molecule has 7 nitrogen and oxygen atoms in total. The Morgan fingerprint density at radius 2 is 1.86 bits per heavy atom. The van der Waals surface area contributed by atoms with Crippen molar-refractivity contribution < 1.29 is 22.3 Å². The summed E-state index contributed by atoms with van der Waals surface area (Å²) in [4.78, 5) is 14.1. The minimum atomic E-state index is -3.77. The average Bonchev–Trinajstić information content (AvgIpc) is 2.70. The molecule has 0 atom stereocenters. The monoisotopic (exact) mass is 441 g/mol. The van der Waals surface area contributed by atoms with Crippen LogP contribution in [0.25, 0.3) is 0 Å². The van der Waals surface area contributed by atoms with Crippen LogP contribution < -0.4 is 10.1 Å². The molecule has 1 N–H and O–H groups in total. The number of hydrogen-bond acceptors (Lipinski definition) is 5. The normalized spacial score (nSPS) is 15.8. The molecule has 0 radical (unpaired) electrons. The number of benzene rings is 2. The molecule has 1 fully saturated rings. The quantitative estimate of drug-likeness (QED) is 0.744. The number of ether oxygens (including phenoxy) is 1. The van der Waals surface area contributed by atoms with Crippen molar-refractivity contribution in [1.29, 1.82) is 0 Å². The third-order valence-electron chi connectivity index (χ3n) is 4.61. The van der Waals surface area contributed by atoms with Crippen molar-refractivity contribution in [2.24, 2.45) is 0 Å². The first-order valence-corrected chi connectivity index (χ1v) is 10.7. The first kappa shape index (κ1) is 21.5. The van der Waals surface area contributed by atoms with Gasteiger partial charge >= 0.3 is 0 Å². The predicted octanol–water partition coefficient (Wildman–Crippen LogP) is 2.43. The fraction of sp³-hybridized carbons (Fsp3) is 0.316. The number of rotatable bonds is 6. The highest BCUT2D eigenvalue weighted by Crippen LogP contribution is 2.24. The Morgan fingerprint density at radius 1 is 1.17 bits per heavy atom. The fourth-order valence-electron chi connectivity index (χ4n) is 3.06. The zero-order valence-electron chi connectivity index (χ0n) is 15.8. The zero-order valence-corrected chi connectivity index (χ0v) is 17.3. The summed E-state index contributed by atoms with van der Waals surface area (Å²) >= 11 is 5.71. The van der Waals surface area contributed by atoms with Crippen molar-refractivity contribution in [3.8, 4) is 5.75 Å². The van der Waals surface area contributed by atoms with E-state index in [0.29, 0.717) is 24.5 Å². The van der Waals surface area contributed by atoms with Crippen LogP contribution >= 0.6 is 11.6 Å². The van der Waals surface area contributed by atoms with Crippen LogP contribution in [-0.4, -0.2) is 63.4 Å². The second kappa shape index (κ2) is 9.08. The van der Waals surface area contributed by atoms with Gasteiger partial charge in [-0.1, -0.05) is 23.7 Å². The van der Waals surface area contributed by atoms with Gasteiger partial charge in [0.15, 0.2) is 0 Å². The van der Waals surface area contributed by atoms with Crippen LogP contribution in [-0.2, 0) is 14.8 Å². The van der Waals surface area contributed by atoms with E-state index in [0.717, 1.165) is 12.1 Å². The predicted molar refractivity (Wildman–Crippen MR) is 108 cm³/mol. The second-order valence-corrected chi connectivity index (χ2v) is 8.85. The molecule has 0 saturated carbocycles. The number of para-hydroxylation sites is 2. The molecule has 0 unspecified atom stereocenters. The maximum absolute atomic E-state index is 13.3. The maximum atomic E-state index is 13.3. The number of halogens is 2. The van der Waals surface area contributed by atoms with Crippen LogP contribution in [0.3, 0.4) is 0 Å². The molecule has 1 saturated heterocycles. The highest BCUT2D eigenvalue weighted by atomic mass is 35.5. The van der Waals surface area contributed by atoms with Crippen molar-refractivity contribution in [3.63, 3.8) is 0 Å². The standard InChI is InChI=1S/C19H21ClFN3O4S/c1-28-18-5-3-2-4-17(18)22-19(25)13-23-8-10-24(11-9-23)29(26,27)14-6-7-16(21)15(20)12-14/h2-7,12H,8-11,13H2,1H3,(H,22,25). The van der Waals surface area contributed by atoms with Crippen LogP contribution in [0.1, 0.15) is 0 Å². The minimum Gasteiger partial charge on any atom is -0.495 e. The lowest BCUT2D eigenvalue weighted by molar-refractivity contribution is -0.117. The van der Waals surface area contributed by atoms with Gasteiger partial charge in [-0.05, 0) is 30.3 Å². The number of nitrogens with zero attached hydrogens (tertiary/aromatic N) is 2. The van der Waals surface area contributed by atoms with E-state index >= 15 is 0 Å². The third kappa shape index (κ3) is 5.05. The van der Waals surface area contributed by atoms with E-state index in [4.69, 9.17) is 16.3 Å². The Kier molecular flexibility index (Phi) is 6.74. The Morgan fingerprint density at radius 3 is 2.52 bits per heavy atom. The van der Waals surface area contributed by atoms with Gasteiger partial charge < -0.3 is 10.1 Å². The molecule has 0 aromatic heterocycles. The number of hydrogen-bond donors (Lipinski definition) is 1. The van der Waals surface area contributed by atoms with Crippen LogP contribution in [0, 0.1) is 5.82 Å². The van der Waals surface area contributed by atoms with Crippen LogP contribution in [0.4, 0.5) is 10.1 Å². The van der Waals surface area contributed by atoms with Gasteiger partial charge in [0.05, 0.1) is 29.3 Å². The molecule has 29 heavy (non-hydrogen) atoms. The van der Waals surface area contributed by atoms with Crippen LogP contribution in [0.15, 0.2) is 47.4 Å². The fourth-order valence-corrected chi connectivity index (χ4v) is 4.75. The largest absolute Gasteiger partial charge is 0.495 e. The second-order valence-electron chi connectivity index (χ2n) is 6.50. The summed E-state index contributed by atoms with van der Waals surface area (Å²) in [7, 11) is -2.25. The molecule has 156 valence electrons. The van der Waals surface area contributed by atoms with E-state index in [1.54, 1.807) is 18.2 Å². The van der Waals surface area contributed by atoms with Gasteiger partial charge in [0.1, 0.15) is 11.6 Å². The molecule has 0 aliphatic carbocycles. The maximum Gasteiger partial charge on any atom is 0.243 e. The summed E-state index contributed by atoms with van der Waals surface area (Å²) in [6.07, 6.45) is 0. The number of nitrogens with one attached hydrogen (secondary N) is 1. The molecule has 0 bridgehead atoms. The number of anilines is 1. The van der Waals surface area contributed by atoms with Gasteiger partial charge in [-0.25, -0.2) is 12.8 Å². The van der Waals surface area contributed by atoms with E-state index in [-0.39, 0.29) is 35.5 Å². The van der Waals surface area contributed by atoms with Gasteiger partial charge in [-0.2, -0.15) is 4.31 Å². The first-order valence-electron chi connectivity index (χ1n) is 8.91. The third-order valence-corrected chi connectivity index (χ3v) is 6.79. The minimum absolute atomic E-state index is 0.0498. The van der Waals surface area contributed by atoms with E-state index in [2.05, 4.69) is 5.32 Å². The summed E-state index contributed by atoms with van der Waals surface area (Å²) in [5.74, 6) is -0.317. The zero-order chi connectivity index (χ0) is 21.0. The van der Waals surface area contributed by atoms with E-state index in [9.17, 15) is 17.6 Å². The van der Waals surface area contributed by atoms with E-state index in [1.807, 2.05) is 11.0 Å². The van der Waals surface area contributed by atoms with Crippen molar-refractivity contribution in [2.75, 3.05) is 45.2 Å². The molecule has 3 rings (SSSR count). The van der Waals surface area contributed by atoms with Crippen molar-refractivity contribution in [2.45, 2.75) is 4.90 Å². The number of carbonyl (C=O) groups excluding carboxylic acids is 1. The number of sulfonamides is 1. The number of carbonyl (C=O) groups is 1. The summed E-state index contributed by atoms with van der Waals surface area (Å²) < 4.78 is 45.3. The van der Waals surface area contributed by atoms with Crippen molar-refractivity contribution >= 4 is 33.2 Å². The lowest BCUT2D eigenvalue weighted by Crippen LogP contribution is -2.50. The Bertz CT molecular complexity index is 995. The van der Waals surface area contributed by atoms with Crippen LogP contribution in [0.2, 0.25) is 5.02 Å². The van der Waals surface area contributed by atoms with Crippen LogP contribution in [0.5, 0.6) is 5.75 Å². The summed E-state index contributed by atoms with van der Waals surface area (Å²) in [6.45, 7) is 1.37. The molecule has 1 aliphatic rings. The summed E-state index contributed by atoms with van der Waals surface area (Å²) in [6, 6.07) is 10.4. The van der Waals surface area contributed by atoms with Gasteiger partial charge in [-0.3, -0.25) is 9.69 Å². The SMILES string of the molecule is COc1ccccc1NC(=O)CN1CCN(S(=O)(=O)c2ccc(F)c(Cl)c2)CC1. The number of amides is 1. The molecule has 2 aromatic rings. The molecule has 1 heterocycles. The lowest BCUT2D eigenvalue weighted by atomic mass is 10.3. The molecule has 2 aromatic carbocycles. The molecular weight excluding hydrogens is 421 g/mol. The lowest BCUT2D eigenvalue weighted by Gasteiger charge is -2.33. The highest BCUT2D eigenvalue weighted by Gasteiger charge is 2.29. The van der Waals surface area contributed by atoms with E-state index < -0.39 is 15.8 Å². The Labute approximate surface area is 174 Å². The Hall–Kier alpha value is -2.20. The smallest absolute Gasteiger partial charge is 0.243 e. The number of methoxy groups -OCH3 is 1. The van der Waals surface area contributed by atoms with Gasteiger partial charge in [0, 0.05) is 26.2 Å². The summed E-state index contributed by atoms with van der Waals surface area (Å²) in [5, 5.41) is 2.56. The van der Waals surface area contributed by atoms with Gasteiger partial charge in [0.25, 0.3) is 0 Å². The highest BCUT2D eigenvalue weighted by molar-refractivity contribution is 7.89. The Balaban J connectivity index is 1.57. The molecule has 10 heteroatoms. The summed E-state index contributed by atoms with van der Waals surface area (Å²) in [5.41, 5.74) is 0.578.